The van der Waals surface area contributed by atoms with Gasteiger partial charge in [0.05, 0.1) is 12.7 Å². The van der Waals surface area contributed by atoms with E-state index < -0.39 is 0 Å². The molecule has 0 saturated carbocycles. The standard InChI is InChI=1S/C14H20N2O2.ClH/c1-11-10-16(7-8-18-11)14(17)9-13(15)12-5-3-2-4-6-12;/h2-6,11,13H,7-10,15H2,1H3;1H. The number of halogens is 1. The minimum Gasteiger partial charge on any atom is -0.375 e. The highest BCUT2D eigenvalue weighted by Crippen LogP contribution is 2.16. The molecule has 1 aliphatic rings. The lowest BCUT2D eigenvalue weighted by Gasteiger charge is -2.31. The van der Waals surface area contributed by atoms with Crippen LogP contribution in [-0.4, -0.2) is 36.6 Å². The fourth-order valence-corrected chi connectivity index (χ4v) is 2.18. The molecule has 1 amide bonds. The number of nitrogens with zero attached hydrogens (tertiary/aromatic N) is 1. The van der Waals surface area contributed by atoms with E-state index in [1.165, 1.54) is 0 Å². The Balaban J connectivity index is 0.00000180. The highest BCUT2D eigenvalue weighted by molar-refractivity contribution is 5.85. The number of hydrogen-bond donors (Lipinski definition) is 1. The van der Waals surface area contributed by atoms with Crippen molar-refractivity contribution in [3.63, 3.8) is 0 Å². The molecule has 0 aromatic heterocycles. The number of amides is 1. The van der Waals surface area contributed by atoms with Crippen LogP contribution >= 0.6 is 12.4 Å². The molecule has 1 fully saturated rings. The van der Waals surface area contributed by atoms with Crippen molar-refractivity contribution < 1.29 is 9.53 Å². The zero-order chi connectivity index (χ0) is 13.0. The molecule has 0 bridgehead atoms. The number of benzene rings is 1. The summed E-state index contributed by atoms with van der Waals surface area (Å²) in [4.78, 5) is 14.0. The van der Waals surface area contributed by atoms with Gasteiger partial charge in [-0.1, -0.05) is 30.3 Å². The van der Waals surface area contributed by atoms with Gasteiger partial charge < -0.3 is 15.4 Å². The normalized spacial score (nSPS) is 20.5. The Morgan fingerprint density at radius 3 is 2.79 bits per heavy atom. The van der Waals surface area contributed by atoms with E-state index in [-0.39, 0.29) is 30.5 Å². The molecule has 2 unspecified atom stereocenters. The van der Waals surface area contributed by atoms with Gasteiger partial charge in [-0.15, -0.1) is 12.4 Å². The predicted octanol–water partition coefficient (Wildman–Crippen LogP) is 1.75. The zero-order valence-corrected chi connectivity index (χ0v) is 11.9. The molecule has 2 atom stereocenters. The fraction of sp³-hybridized carbons (Fsp3) is 0.500. The molecular formula is C14H21ClN2O2. The summed E-state index contributed by atoms with van der Waals surface area (Å²) >= 11 is 0. The van der Waals surface area contributed by atoms with Crippen molar-refractivity contribution in [3.05, 3.63) is 35.9 Å². The van der Waals surface area contributed by atoms with Crippen LogP contribution in [0.3, 0.4) is 0 Å². The van der Waals surface area contributed by atoms with Crippen molar-refractivity contribution in [1.82, 2.24) is 4.90 Å². The first-order chi connectivity index (χ1) is 8.66. The van der Waals surface area contributed by atoms with Crippen LogP contribution in [-0.2, 0) is 9.53 Å². The van der Waals surface area contributed by atoms with Gasteiger partial charge in [-0.05, 0) is 12.5 Å². The number of rotatable bonds is 3. The third kappa shape index (κ3) is 4.49. The van der Waals surface area contributed by atoms with Gasteiger partial charge in [0.25, 0.3) is 0 Å². The maximum Gasteiger partial charge on any atom is 0.224 e. The van der Waals surface area contributed by atoms with E-state index >= 15 is 0 Å². The summed E-state index contributed by atoms with van der Waals surface area (Å²) < 4.78 is 5.42. The molecule has 19 heavy (non-hydrogen) atoms. The Morgan fingerprint density at radius 1 is 1.47 bits per heavy atom. The fourth-order valence-electron chi connectivity index (χ4n) is 2.18. The number of carbonyl (C=O) groups is 1. The Morgan fingerprint density at radius 2 is 2.16 bits per heavy atom. The molecule has 0 radical (unpaired) electrons. The molecule has 1 heterocycles. The largest absolute Gasteiger partial charge is 0.375 e. The van der Waals surface area contributed by atoms with E-state index in [0.29, 0.717) is 26.1 Å². The molecule has 4 nitrogen and oxygen atoms in total. The van der Waals surface area contributed by atoms with Crippen LogP contribution in [0.25, 0.3) is 0 Å². The number of morpholine rings is 1. The second kappa shape index (κ2) is 7.48. The van der Waals surface area contributed by atoms with Crippen LogP contribution in [0.5, 0.6) is 0 Å². The quantitative estimate of drug-likeness (QED) is 0.920. The summed E-state index contributed by atoms with van der Waals surface area (Å²) in [5.74, 6) is 0.113. The maximum atomic E-state index is 12.1. The molecule has 1 aromatic rings. The molecule has 106 valence electrons. The summed E-state index contributed by atoms with van der Waals surface area (Å²) in [6.07, 6.45) is 0.479. The third-order valence-corrected chi connectivity index (χ3v) is 3.22. The van der Waals surface area contributed by atoms with Crippen molar-refractivity contribution in [2.75, 3.05) is 19.7 Å². The zero-order valence-electron chi connectivity index (χ0n) is 11.1. The average Bonchev–Trinajstić information content (AvgIpc) is 2.39. The van der Waals surface area contributed by atoms with Gasteiger partial charge in [-0.3, -0.25) is 4.79 Å². The lowest BCUT2D eigenvalue weighted by molar-refractivity contribution is -0.138. The van der Waals surface area contributed by atoms with Crippen LogP contribution < -0.4 is 5.73 Å². The maximum absolute atomic E-state index is 12.1. The first-order valence-electron chi connectivity index (χ1n) is 6.36. The van der Waals surface area contributed by atoms with Crippen molar-refractivity contribution >= 4 is 18.3 Å². The first-order valence-corrected chi connectivity index (χ1v) is 6.36. The van der Waals surface area contributed by atoms with Crippen LogP contribution in [0.2, 0.25) is 0 Å². The molecule has 1 aliphatic heterocycles. The Hall–Kier alpha value is -1.10. The lowest BCUT2D eigenvalue weighted by atomic mass is 10.0. The summed E-state index contributed by atoms with van der Waals surface area (Å²) in [5.41, 5.74) is 7.07. The van der Waals surface area contributed by atoms with Crippen molar-refractivity contribution in [2.45, 2.75) is 25.5 Å². The second-order valence-electron chi connectivity index (χ2n) is 4.74. The molecular weight excluding hydrogens is 264 g/mol. The third-order valence-electron chi connectivity index (χ3n) is 3.22. The van der Waals surface area contributed by atoms with Crippen molar-refractivity contribution in [2.24, 2.45) is 5.73 Å². The Bertz CT molecular complexity index is 400. The van der Waals surface area contributed by atoms with Crippen LogP contribution in [0.4, 0.5) is 0 Å². The molecule has 1 aromatic carbocycles. The van der Waals surface area contributed by atoms with E-state index in [2.05, 4.69) is 0 Å². The minimum absolute atomic E-state index is 0. The van der Waals surface area contributed by atoms with Gasteiger partial charge in [0.1, 0.15) is 0 Å². The van der Waals surface area contributed by atoms with Gasteiger partial charge in [0.15, 0.2) is 0 Å². The van der Waals surface area contributed by atoms with Gasteiger partial charge in [0.2, 0.25) is 5.91 Å². The molecule has 5 heteroatoms. The number of carbonyl (C=O) groups excluding carboxylic acids is 1. The molecule has 2 rings (SSSR count). The average molecular weight is 285 g/mol. The van der Waals surface area contributed by atoms with Gasteiger partial charge in [-0.25, -0.2) is 0 Å². The summed E-state index contributed by atoms with van der Waals surface area (Å²) in [6.45, 7) is 3.94. The second-order valence-corrected chi connectivity index (χ2v) is 4.74. The summed E-state index contributed by atoms with van der Waals surface area (Å²) in [5, 5.41) is 0. The number of hydrogen-bond acceptors (Lipinski definition) is 3. The molecule has 1 saturated heterocycles. The van der Waals surface area contributed by atoms with Crippen molar-refractivity contribution in [3.8, 4) is 0 Å². The molecule has 0 aliphatic carbocycles. The highest BCUT2D eigenvalue weighted by atomic mass is 35.5. The minimum atomic E-state index is -0.225. The van der Waals surface area contributed by atoms with Gasteiger partial charge in [-0.2, -0.15) is 0 Å². The summed E-state index contributed by atoms with van der Waals surface area (Å²) in [7, 11) is 0. The number of ether oxygens (including phenoxy) is 1. The van der Waals surface area contributed by atoms with E-state index in [9.17, 15) is 4.79 Å². The topological polar surface area (TPSA) is 55.6 Å². The number of nitrogens with two attached hydrogens (primary N) is 1. The smallest absolute Gasteiger partial charge is 0.224 e. The van der Waals surface area contributed by atoms with E-state index in [4.69, 9.17) is 10.5 Å². The summed E-state index contributed by atoms with van der Waals surface area (Å²) in [6, 6.07) is 9.52. The van der Waals surface area contributed by atoms with Crippen molar-refractivity contribution in [1.29, 1.82) is 0 Å². The van der Waals surface area contributed by atoms with Crippen LogP contribution in [0.15, 0.2) is 30.3 Å². The van der Waals surface area contributed by atoms with Gasteiger partial charge in [0, 0.05) is 25.6 Å². The first kappa shape index (κ1) is 16.0. The Labute approximate surface area is 120 Å². The van der Waals surface area contributed by atoms with E-state index in [0.717, 1.165) is 5.56 Å². The van der Waals surface area contributed by atoms with E-state index in [1.54, 1.807) is 0 Å². The molecule has 2 N–H and O–H groups in total. The lowest BCUT2D eigenvalue weighted by Crippen LogP contribution is -2.45. The van der Waals surface area contributed by atoms with Crippen LogP contribution in [0.1, 0.15) is 24.9 Å². The monoisotopic (exact) mass is 284 g/mol. The molecule has 0 spiro atoms. The van der Waals surface area contributed by atoms with Gasteiger partial charge >= 0.3 is 0 Å². The van der Waals surface area contributed by atoms with E-state index in [1.807, 2.05) is 42.2 Å². The highest BCUT2D eigenvalue weighted by Gasteiger charge is 2.23. The van der Waals surface area contributed by atoms with Crippen LogP contribution in [0, 0.1) is 0 Å². The SMILES string of the molecule is CC1CN(C(=O)CC(N)c2ccccc2)CCO1.Cl. The Kier molecular flexibility index (Phi) is 6.28. The predicted molar refractivity (Wildman–Crippen MR) is 77.2 cm³/mol.